The summed E-state index contributed by atoms with van der Waals surface area (Å²) < 4.78 is 10.5. The van der Waals surface area contributed by atoms with E-state index >= 15 is 0 Å². The first-order chi connectivity index (χ1) is 11.6. The molecule has 0 aromatic heterocycles. The lowest BCUT2D eigenvalue weighted by Gasteiger charge is -2.17. The van der Waals surface area contributed by atoms with Crippen molar-refractivity contribution in [2.45, 2.75) is 26.0 Å². The minimum absolute atomic E-state index is 0.164. The standard InChI is InChI=1S/C20H23NO3/c1-15(2)24-20(22)19(14-9-16-7-5-4-6-8-16)21-17-10-12-18(23-3)13-11-17/h4-15,19,21H,1-3H3/b14-9+. The van der Waals surface area contributed by atoms with Crippen molar-refractivity contribution in [2.24, 2.45) is 0 Å². The van der Waals surface area contributed by atoms with Gasteiger partial charge in [-0.1, -0.05) is 42.5 Å². The Kier molecular flexibility index (Phi) is 6.43. The fraction of sp³-hybridized carbons (Fsp3) is 0.250. The molecule has 0 radical (unpaired) electrons. The molecule has 4 heteroatoms. The van der Waals surface area contributed by atoms with Gasteiger partial charge in [-0.25, -0.2) is 4.79 Å². The molecule has 0 fully saturated rings. The summed E-state index contributed by atoms with van der Waals surface area (Å²) in [5.41, 5.74) is 1.84. The van der Waals surface area contributed by atoms with Gasteiger partial charge in [-0.05, 0) is 43.7 Å². The van der Waals surface area contributed by atoms with Gasteiger partial charge in [-0.15, -0.1) is 0 Å². The van der Waals surface area contributed by atoms with Gasteiger partial charge in [0.2, 0.25) is 0 Å². The van der Waals surface area contributed by atoms with Crippen molar-refractivity contribution in [1.82, 2.24) is 0 Å². The number of benzene rings is 2. The van der Waals surface area contributed by atoms with Crippen LogP contribution in [-0.4, -0.2) is 25.2 Å². The first-order valence-corrected chi connectivity index (χ1v) is 7.93. The monoisotopic (exact) mass is 325 g/mol. The van der Waals surface area contributed by atoms with Crippen LogP contribution >= 0.6 is 0 Å². The Bertz CT molecular complexity index is 663. The summed E-state index contributed by atoms with van der Waals surface area (Å²) in [6, 6.07) is 16.7. The number of carbonyl (C=O) groups is 1. The number of hydrogen-bond acceptors (Lipinski definition) is 4. The Morgan fingerprint density at radius 3 is 2.29 bits per heavy atom. The van der Waals surface area contributed by atoms with Crippen LogP contribution in [0.15, 0.2) is 60.7 Å². The molecule has 1 atom stereocenters. The summed E-state index contributed by atoms with van der Waals surface area (Å²) in [5.74, 6) is 0.453. The lowest BCUT2D eigenvalue weighted by Crippen LogP contribution is -2.31. The Balaban J connectivity index is 2.15. The Hall–Kier alpha value is -2.75. The van der Waals surface area contributed by atoms with Crippen LogP contribution in [0.3, 0.4) is 0 Å². The number of nitrogens with one attached hydrogen (secondary N) is 1. The summed E-state index contributed by atoms with van der Waals surface area (Å²) in [4.78, 5) is 12.3. The second-order valence-corrected chi connectivity index (χ2v) is 5.61. The number of rotatable bonds is 7. The predicted molar refractivity (Wildman–Crippen MR) is 97.1 cm³/mol. The Labute approximate surface area is 143 Å². The molecular formula is C20H23NO3. The van der Waals surface area contributed by atoms with E-state index in [-0.39, 0.29) is 12.1 Å². The molecule has 2 aromatic carbocycles. The zero-order valence-corrected chi connectivity index (χ0v) is 14.2. The highest BCUT2D eigenvalue weighted by Gasteiger charge is 2.18. The van der Waals surface area contributed by atoms with Crippen molar-refractivity contribution in [3.63, 3.8) is 0 Å². The second kappa shape index (κ2) is 8.77. The van der Waals surface area contributed by atoms with Crippen LogP contribution in [0.1, 0.15) is 19.4 Å². The minimum Gasteiger partial charge on any atom is -0.497 e. The van der Waals surface area contributed by atoms with Gasteiger partial charge in [-0.3, -0.25) is 0 Å². The van der Waals surface area contributed by atoms with Crippen molar-refractivity contribution in [3.05, 3.63) is 66.2 Å². The number of ether oxygens (including phenoxy) is 2. The maximum Gasteiger partial charge on any atom is 0.332 e. The van der Waals surface area contributed by atoms with Crippen LogP contribution < -0.4 is 10.1 Å². The number of hydrogen-bond donors (Lipinski definition) is 1. The van der Waals surface area contributed by atoms with Gasteiger partial charge in [0.1, 0.15) is 11.8 Å². The molecule has 0 aliphatic carbocycles. The van der Waals surface area contributed by atoms with Crippen molar-refractivity contribution < 1.29 is 14.3 Å². The molecule has 1 N–H and O–H groups in total. The molecule has 0 saturated heterocycles. The zero-order chi connectivity index (χ0) is 17.4. The third-order valence-corrected chi connectivity index (χ3v) is 3.30. The lowest BCUT2D eigenvalue weighted by atomic mass is 10.1. The molecule has 0 amide bonds. The summed E-state index contributed by atoms with van der Waals surface area (Å²) in [6.45, 7) is 3.67. The maximum atomic E-state index is 12.3. The topological polar surface area (TPSA) is 47.6 Å². The van der Waals surface area contributed by atoms with Crippen molar-refractivity contribution in [2.75, 3.05) is 12.4 Å². The second-order valence-electron chi connectivity index (χ2n) is 5.61. The van der Waals surface area contributed by atoms with Gasteiger partial charge >= 0.3 is 5.97 Å². The normalized spacial score (nSPS) is 12.2. The van der Waals surface area contributed by atoms with E-state index in [1.165, 1.54) is 0 Å². The molecule has 4 nitrogen and oxygen atoms in total. The number of carbonyl (C=O) groups excluding carboxylic acids is 1. The highest BCUT2D eigenvalue weighted by molar-refractivity contribution is 5.83. The van der Waals surface area contributed by atoms with E-state index in [1.54, 1.807) is 7.11 Å². The Morgan fingerprint density at radius 1 is 1.04 bits per heavy atom. The number of anilines is 1. The Morgan fingerprint density at radius 2 is 1.71 bits per heavy atom. The summed E-state index contributed by atoms with van der Waals surface area (Å²) in [6.07, 6.45) is 3.55. The largest absolute Gasteiger partial charge is 0.497 e. The molecule has 2 rings (SSSR count). The van der Waals surface area contributed by atoms with Crippen LogP contribution in [-0.2, 0) is 9.53 Å². The summed E-state index contributed by atoms with van der Waals surface area (Å²) in [7, 11) is 1.62. The molecule has 2 aromatic rings. The third kappa shape index (κ3) is 5.47. The van der Waals surface area contributed by atoms with Crippen LogP contribution in [0.4, 0.5) is 5.69 Å². The molecule has 0 aliphatic rings. The van der Waals surface area contributed by atoms with Crippen molar-refractivity contribution in [3.8, 4) is 5.75 Å². The van der Waals surface area contributed by atoms with Gasteiger partial charge < -0.3 is 14.8 Å². The van der Waals surface area contributed by atoms with E-state index in [2.05, 4.69) is 5.32 Å². The molecule has 24 heavy (non-hydrogen) atoms. The van der Waals surface area contributed by atoms with Crippen LogP contribution in [0.2, 0.25) is 0 Å². The molecule has 0 heterocycles. The smallest absolute Gasteiger partial charge is 0.332 e. The van der Waals surface area contributed by atoms with Gasteiger partial charge in [0.15, 0.2) is 0 Å². The number of esters is 1. The highest BCUT2D eigenvalue weighted by Crippen LogP contribution is 2.17. The summed E-state index contributed by atoms with van der Waals surface area (Å²) >= 11 is 0. The summed E-state index contributed by atoms with van der Waals surface area (Å²) in [5, 5.41) is 3.19. The molecule has 126 valence electrons. The molecule has 0 spiro atoms. The SMILES string of the molecule is COc1ccc(NC(/C=C/c2ccccc2)C(=O)OC(C)C)cc1. The maximum absolute atomic E-state index is 12.3. The fourth-order valence-corrected chi connectivity index (χ4v) is 2.13. The first-order valence-electron chi connectivity index (χ1n) is 7.93. The predicted octanol–water partition coefficient (Wildman–Crippen LogP) is 4.14. The minimum atomic E-state index is -0.569. The van der Waals surface area contributed by atoms with E-state index in [1.807, 2.05) is 80.6 Å². The average molecular weight is 325 g/mol. The van der Waals surface area contributed by atoms with Crippen LogP contribution in [0.5, 0.6) is 5.75 Å². The number of methoxy groups -OCH3 is 1. The average Bonchev–Trinajstić information content (AvgIpc) is 2.59. The lowest BCUT2D eigenvalue weighted by molar-refractivity contribution is -0.147. The molecular weight excluding hydrogens is 302 g/mol. The van der Waals surface area contributed by atoms with Gasteiger partial charge in [0.05, 0.1) is 13.2 Å². The van der Waals surface area contributed by atoms with Gasteiger partial charge in [0.25, 0.3) is 0 Å². The molecule has 0 saturated carbocycles. The van der Waals surface area contributed by atoms with Crippen molar-refractivity contribution >= 4 is 17.7 Å². The third-order valence-electron chi connectivity index (χ3n) is 3.30. The van der Waals surface area contributed by atoms with E-state index < -0.39 is 6.04 Å². The highest BCUT2D eigenvalue weighted by atomic mass is 16.5. The zero-order valence-electron chi connectivity index (χ0n) is 14.2. The molecule has 0 aliphatic heterocycles. The van der Waals surface area contributed by atoms with Crippen molar-refractivity contribution in [1.29, 1.82) is 0 Å². The van der Waals surface area contributed by atoms with Gasteiger partial charge in [-0.2, -0.15) is 0 Å². The van der Waals surface area contributed by atoms with E-state index in [4.69, 9.17) is 9.47 Å². The quantitative estimate of drug-likeness (QED) is 0.777. The van der Waals surface area contributed by atoms with Gasteiger partial charge in [0, 0.05) is 5.69 Å². The van der Waals surface area contributed by atoms with E-state index in [9.17, 15) is 4.79 Å². The van der Waals surface area contributed by atoms with E-state index in [0.717, 1.165) is 17.0 Å². The molecule has 1 unspecified atom stereocenters. The van der Waals surface area contributed by atoms with Crippen LogP contribution in [0, 0.1) is 0 Å². The van der Waals surface area contributed by atoms with E-state index in [0.29, 0.717) is 0 Å². The van der Waals surface area contributed by atoms with Crippen LogP contribution in [0.25, 0.3) is 6.08 Å². The fourth-order valence-electron chi connectivity index (χ4n) is 2.13. The molecule has 0 bridgehead atoms. The first kappa shape index (κ1) is 17.6.